The molecule has 21 heavy (non-hydrogen) atoms. The maximum Gasteiger partial charge on any atom is 0.135 e. The summed E-state index contributed by atoms with van der Waals surface area (Å²) in [5.74, 6) is 3.01. The number of hydrogen-bond acceptors (Lipinski definition) is 5. The van der Waals surface area contributed by atoms with Crippen LogP contribution in [0.3, 0.4) is 0 Å². The van der Waals surface area contributed by atoms with E-state index in [4.69, 9.17) is 9.72 Å². The number of hydrogen-bond donors (Lipinski definition) is 2. The van der Waals surface area contributed by atoms with Crippen molar-refractivity contribution in [1.29, 1.82) is 0 Å². The lowest BCUT2D eigenvalue weighted by atomic mass is 9.64. The van der Waals surface area contributed by atoms with Crippen LogP contribution >= 0.6 is 0 Å². The van der Waals surface area contributed by atoms with Gasteiger partial charge in [0.05, 0.1) is 6.10 Å². The van der Waals surface area contributed by atoms with Crippen LogP contribution in [0, 0.1) is 12.3 Å². The number of aromatic nitrogens is 2. The van der Waals surface area contributed by atoms with Gasteiger partial charge in [0.2, 0.25) is 0 Å². The molecule has 1 aliphatic carbocycles. The first-order valence-corrected chi connectivity index (χ1v) is 7.66. The Morgan fingerprint density at radius 3 is 2.33 bits per heavy atom. The molecule has 2 unspecified atom stereocenters. The lowest BCUT2D eigenvalue weighted by Gasteiger charge is -2.51. The van der Waals surface area contributed by atoms with E-state index in [0.717, 1.165) is 29.4 Å². The molecule has 0 saturated heterocycles. The van der Waals surface area contributed by atoms with E-state index in [2.05, 4.69) is 50.2 Å². The zero-order valence-electron chi connectivity index (χ0n) is 14.2. The highest BCUT2D eigenvalue weighted by Crippen LogP contribution is 2.44. The van der Waals surface area contributed by atoms with Gasteiger partial charge in [-0.1, -0.05) is 27.7 Å². The maximum atomic E-state index is 5.52. The lowest BCUT2D eigenvalue weighted by Crippen LogP contribution is -2.57. The molecule has 0 amide bonds. The highest BCUT2D eigenvalue weighted by atomic mass is 16.5. The summed E-state index contributed by atoms with van der Waals surface area (Å²) in [4.78, 5) is 9.30. The van der Waals surface area contributed by atoms with Crippen LogP contribution in [0.4, 0.5) is 11.6 Å². The van der Waals surface area contributed by atoms with Gasteiger partial charge in [0.1, 0.15) is 17.5 Å². The highest BCUT2D eigenvalue weighted by molar-refractivity contribution is 5.58. The third-order valence-corrected chi connectivity index (χ3v) is 4.69. The summed E-state index contributed by atoms with van der Waals surface area (Å²) in [6.45, 7) is 10.8. The standard InChI is InChI=1S/C16H28N4O/c1-9(2)13-19-14(17-6)10(3)15(20-13)18-11-8-12(21-7)16(11,4)5/h9,11-12H,8H2,1-7H3,(H2,17,18,19,20). The summed E-state index contributed by atoms with van der Waals surface area (Å²) in [5, 5.41) is 6.77. The zero-order chi connectivity index (χ0) is 15.8. The molecule has 2 rings (SSSR count). The number of rotatable bonds is 5. The second-order valence-electron chi connectivity index (χ2n) is 6.79. The van der Waals surface area contributed by atoms with Gasteiger partial charge < -0.3 is 15.4 Å². The molecule has 1 fully saturated rings. The topological polar surface area (TPSA) is 59.1 Å². The Labute approximate surface area is 127 Å². The summed E-state index contributed by atoms with van der Waals surface area (Å²) in [6.07, 6.45) is 1.32. The molecular formula is C16H28N4O. The molecule has 1 aromatic rings. The third-order valence-electron chi connectivity index (χ3n) is 4.69. The van der Waals surface area contributed by atoms with Gasteiger partial charge in [-0.05, 0) is 13.3 Å². The van der Waals surface area contributed by atoms with Gasteiger partial charge in [0.25, 0.3) is 0 Å². The predicted octanol–water partition coefficient (Wildman–Crippen LogP) is 3.18. The van der Waals surface area contributed by atoms with Crippen molar-refractivity contribution in [3.63, 3.8) is 0 Å². The number of methoxy groups -OCH3 is 1. The smallest absolute Gasteiger partial charge is 0.135 e. The van der Waals surface area contributed by atoms with E-state index in [9.17, 15) is 0 Å². The summed E-state index contributed by atoms with van der Waals surface area (Å²) in [5.41, 5.74) is 1.18. The van der Waals surface area contributed by atoms with Crippen LogP contribution in [0.25, 0.3) is 0 Å². The van der Waals surface area contributed by atoms with Crippen molar-refractivity contribution < 1.29 is 4.74 Å². The number of anilines is 2. The number of ether oxygens (including phenoxy) is 1. The minimum absolute atomic E-state index is 0.115. The van der Waals surface area contributed by atoms with Crippen LogP contribution < -0.4 is 10.6 Å². The van der Waals surface area contributed by atoms with Gasteiger partial charge in [0.15, 0.2) is 0 Å². The molecule has 2 N–H and O–H groups in total. The first kappa shape index (κ1) is 16.0. The fraction of sp³-hybridized carbons (Fsp3) is 0.750. The fourth-order valence-corrected chi connectivity index (χ4v) is 2.87. The molecule has 5 heteroatoms. The van der Waals surface area contributed by atoms with Crippen LogP contribution in [-0.4, -0.2) is 36.3 Å². The van der Waals surface area contributed by atoms with Crippen LogP contribution in [0.15, 0.2) is 0 Å². The Morgan fingerprint density at radius 2 is 1.86 bits per heavy atom. The van der Waals surface area contributed by atoms with Crippen molar-refractivity contribution in [1.82, 2.24) is 9.97 Å². The second kappa shape index (κ2) is 5.79. The van der Waals surface area contributed by atoms with E-state index in [-0.39, 0.29) is 5.41 Å². The highest BCUT2D eigenvalue weighted by Gasteiger charge is 2.48. The first-order chi connectivity index (χ1) is 9.81. The molecule has 0 bridgehead atoms. The lowest BCUT2D eigenvalue weighted by molar-refractivity contribution is -0.0795. The van der Waals surface area contributed by atoms with Crippen molar-refractivity contribution in [2.24, 2.45) is 5.41 Å². The monoisotopic (exact) mass is 292 g/mol. The Hall–Kier alpha value is -1.36. The molecule has 1 heterocycles. The molecule has 0 aliphatic heterocycles. The largest absolute Gasteiger partial charge is 0.381 e. The van der Waals surface area contributed by atoms with Gasteiger partial charge in [-0.3, -0.25) is 0 Å². The van der Waals surface area contributed by atoms with Gasteiger partial charge in [-0.2, -0.15) is 0 Å². The number of nitrogens with one attached hydrogen (secondary N) is 2. The zero-order valence-corrected chi connectivity index (χ0v) is 14.2. The Morgan fingerprint density at radius 1 is 1.24 bits per heavy atom. The quantitative estimate of drug-likeness (QED) is 0.873. The van der Waals surface area contributed by atoms with E-state index >= 15 is 0 Å². The molecule has 0 spiro atoms. The van der Waals surface area contributed by atoms with Crippen molar-refractivity contribution >= 4 is 11.6 Å². The van der Waals surface area contributed by atoms with E-state index in [1.165, 1.54) is 0 Å². The van der Waals surface area contributed by atoms with Gasteiger partial charge in [0, 0.05) is 37.1 Å². The Bertz CT molecular complexity index is 513. The molecule has 1 aromatic heterocycles. The third kappa shape index (κ3) is 2.84. The maximum absolute atomic E-state index is 5.52. The van der Waals surface area contributed by atoms with E-state index in [0.29, 0.717) is 18.1 Å². The van der Waals surface area contributed by atoms with Crippen LogP contribution in [0.1, 0.15) is 51.4 Å². The number of nitrogens with zero attached hydrogens (tertiary/aromatic N) is 2. The van der Waals surface area contributed by atoms with E-state index < -0.39 is 0 Å². The van der Waals surface area contributed by atoms with Crippen molar-refractivity contribution in [2.75, 3.05) is 24.8 Å². The molecule has 0 radical (unpaired) electrons. The Kier molecular flexibility index (Phi) is 4.42. The van der Waals surface area contributed by atoms with E-state index in [1.54, 1.807) is 7.11 Å². The van der Waals surface area contributed by atoms with Gasteiger partial charge >= 0.3 is 0 Å². The fourth-order valence-electron chi connectivity index (χ4n) is 2.87. The molecule has 5 nitrogen and oxygen atoms in total. The minimum Gasteiger partial charge on any atom is -0.381 e. The van der Waals surface area contributed by atoms with Crippen molar-refractivity contribution in [2.45, 2.75) is 59.1 Å². The molecule has 118 valence electrons. The van der Waals surface area contributed by atoms with Crippen LogP contribution in [0.5, 0.6) is 0 Å². The molecule has 1 saturated carbocycles. The molecule has 2 atom stereocenters. The summed E-state index contributed by atoms with van der Waals surface area (Å²) in [7, 11) is 3.69. The second-order valence-corrected chi connectivity index (χ2v) is 6.79. The van der Waals surface area contributed by atoms with Crippen LogP contribution in [0.2, 0.25) is 0 Å². The average molecular weight is 292 g/mol. The minimum atomic E-state index is 0.115. The SMILES string of the molecule is CNc1nc(C(C)C)nc(NC2CC(OC)C2(C)C)c1C. The normalized spacial score (nSPS) is 23.8. The van der Waals surface area contributed by atoms with E-state index in [1.807, 2.05) is 7.05 Å². The molecule has 0 aromatic carbocycles. The molecule has 1 aliphatic rings. The van der Waals surface area contributed by atoms with Gasteiger partial charge in [-0.15, -0.1) is 0 Å². The summed E-state index contributed by atoms with van der Waals surface area (Å²) in [6, 6.07) is 0.376. The average Bonchev–Trinajstić information content (AvgIpc) is 2.44. The van der Waals surface area contributed by atoms with Crippen LogP contribution in [-0.2, 0) is 4.74 Å². The summed E-state index contributed by atoms with van der Waals surface area (Å²) >= 11 is 0. The summed E-state index contributed by atoms with van der Waals surface area (Å²) < 4.78 is 5.52. The molecular weight excluding hydrogens is 264 g/mol. The van der Waals surface area contributed by atoms with Crippen molar-refractivity contribution in [3.8, 4) is 0 Å². The first-order valence-electron chi connectivity index (χ1n) is 7.66. The van der Waals surface area contributed by atoms with Crippen molar-refractivity contribution in [3.05, 3.63) is 11.4 Å². The Balaban J connectivity index is 2.26. The van der Waals surface area contributed by atoms with Gasteiger partial charge in [-0.25, -0.2) is 9.97 Å². The predicted molar refractivity (Wildman–Crippen MR) is 87.0 cm³/mol.